The summed E-state index contributed by atoms with van der Waals surface area (Å²) in [5.74, 6) is 3.08. The van der Waals surface area contributed by atoms with E-state index in [0.717, 1.165) is 24.0 Å². The van der Waals surface area contributed by atoms with E-state index >= 15 is 0 Å². The van der Waals surface area contributed by atoms with Crippen LogP contribution in [0.4, 0.5) is 8.78 Å². The van der Waals surface area contributed by atoms with Gasteiger partial charge in [-0.3, -0.25) is 9.69 Å². The standard InChI is InChI=1S/C19H19F2N3O2.C13H18Si/c1-3-12-5-4-6-14(11-12)19(16(25)24(2)18(22)23-19)13-7-9-15(10-8-13)26-17(20)21;1-5-12-7-6-8-13(11-12)9-10-14(2,3)4/h4-11,17H,3H2,1-2H3,(H2,22,23);6-8,11H,5H2,1-4H3. The molecule has 2 N–H and O–H groups in total. The first-order valence-electron chi connectivity index (χ1n) is 13.3. The van der Waals surface area contributed by atoms with Crippen LogP contribution in [0.2, 0.25) is 19.6 Å². The SMILES string of the molecule is CCc1cccc(C#C[Si](C)(C)C)c1.CCc1cccc(C2(c3ccc(OC(F)F)cc3)N=C(N)N(C)C2=O)c1. The quantitative estimate of drug-likeness (QED) is 0.281. The van der Waals surface area contributed by atoms with Crippen LogP contribution in [0.1, 0.15) is 41.7 Å². The minimum atomic E-state index is -2.91. The first kappa shape index (κ1) is 30.6. The largest absolute Gasteiger partial charge is 0.435 e. The number of carbonyl (C=O) groups is 1. The molecular formula is C32H37F2N3O2Si. The van der Waals surface area contributed by atoms with Crippen molar-refractivity contribution >= 4 is 19.9 Å². The summed E-state index contributed by atoms with van der Waals surface area (Å²) in [6.07, 6.45) is 1.89. The molecule has 1 heterocycles. The van der Waals surface area contributed by atoms with Crippen molar-refractivity contribution in [1.82, 2.24) is 4.90 Å². The summed E-state index contributed by atoms with van der Waals surface area (Å²) >= 11 is 0. The van der Waals surface area contributed by atoms with Crippen LogP contribution in [0.25, 0.3) is 0 Å². The number of rotatable bonds is 6. The van der Waals surface area contributed by atoms with Crippen LogP contribution < -0.4 is 10.5 Å². The molecule has 3 aromatic rings. The molecule has 1 amide bonds. The Labute approximate surface area is 237 Å². The summed E-state index contributed by atoms with van der Waals surface area (Å²) in [5, 5.41) is 0. The lowest BCUT2D eigenvalue weighted by molar-refractivity contribution is -0.129. The Hall–Kier alpha value is -3.96. The molecule has 4 rings (SSSR count). The number of hydrogen-bond donors (Lipinski definition) is 1. The fourth-order valence-corrected chi connectivity index (χ4v) is 4.73. The molecule has 0 saturated heterocycles. The van der Waals surface area contributed by atoms with E-state index in [1.807, 2.05) is 31.2 Å². The molecule has 5 nitrogen and oxygen atoms in total. The number of amides is 1. The monoisotopic (exact) mass is 561 g/mol. The molecule has 3 aromatic carbocycles. The van der Waals surface area contributed by atoms with Gasteiger partial charge in [-0.15, -0.1) is 5.54 Å². The van der Waals surface area contributed by atoms with E-state index in [1.54, 1.807) is 19.2 Å². The van der Waals surface area contributed by atoms with Crippen molar-refractivity contribution in [2.24, 2.45) is 10.7 Å². The van der Waals surface area contributed by atoms with Gasteiger partial charge in [0.2, 0.25) is 0 Å². The lowest BCUT2D eigenvalue weighted by atomic mass is 9.82. The van der Waals surface area contributed by atoms with E-state index in [2.05, 4.69) is 72.0 Å². The number of aliphatic imine (C=N–C) groups is 1. The molecule has 1 atom stereocenters. The molecule has 8 heteroatoms. The highest BCUT2D eigenvalue weighted by Crippen LogP contribution is 2.40. The van der Waals surface area contributed by atoms with Crippen LogP contribution in [-0.4, -0.2) is 38.5 Å². The summed E-state index contributed by atoms with van der Waals surface area (Å²) < 4.78 is 29.2. The Bertz CT molecular complexity index is 1420. The third-order valence-corrected chi connectivity index (χ3v) is 7.28. The average molecular weight is 562 g/mol. The molecule has 1 unspecified atom stereocenters. The molecule has 1 aliphatic rings. The van der Waals surface area contributed by atoms with Gasteiger partial charge in [-0.05, 0) is 59.4 Å². The number of hydrogen-bond acceptors (Lipinski definition) is 4. The van der Waals surface area contributed by atoms with E-state index in [9.17, 15) is 13.6 Å². The van der Waals surface area contributed by atoms with Crippen LogP contribution in [0.5, 0.6) is 5.75 Å². The third-order valence-electron chi connectivity index (χ3n) is 6.41. The van der Waals surface area contributed by atoms with Gasteiger partial charge in [0.15, 0.2) is 11.5 Å². The number of ether oxygens (including phenoxy) is 1. The average Bonchev–Trinajstić information content (AvgIpc) is 3.16. The smallest absolute Gasteiger partial charge is 0.387 e. The van der Waals surface area contributed by atoms with Crippen LogP contribution in [0.3, 0.4) is 0 Å². The second kappa shape index (κ2) is 12.9. The van der Waals surface area contributed by atoms with E-state index in [4.69, 9.17) is 5.73 Å². The number of guanidine groups is 1. The molecule has 0 saturated carbocycles. The van der Waals surface area contributed by atoms with Gasteiger partial charge in [-0.1, -0.05) is 87.9 Å². The molecule has 0 aliphatic carbocycles. The second-order valence-corrected chi connectivity index (χ2v) is 15.3. The first-order valence-corrected chi connectivity index (χ1v) is 16.8. The fourth-order valence-electron chi connectivity index (χ4n) is 4.21. The Balaban J connectivity index is 0.000000267. The van der Waals surface area contributed by atoms with E-state index in [1.165, 1.54) is 22.6 Å². The summed E-state index contributed by atoms with van der Waals surface area (Å²) in [4.78, 5) is 18.8. The fraction of sp³-hybridized carbons (Fsp3) is 0.312. The highest BCUT2D eigenvalue weighted by molar-refractivity contribution is 6.83. The molecule has 0 spiro atoms. The van der Waals surface area contributed by atoms with Crippen molar-refractivity contribution in [2.45, 2.75) is 58.5 Å². The number of nitrogens with zero attached hydrogens (tertiary/aromatic N) is 2. The Morgan fingerprint density at radius 2 is 1.55 bits per heavy atom. The van der Waals surface area contributed by atoms with E-state index in [0.29, 0.717) is 11.1 Å². The number of carbonyl (C=O) groups excluding carboxylic acids is 1. The normalized spacial score (nSPS) is 16.6. The molecular weight excluding hydrogens is 524 g/mol. The van der Waals surface area contributed by atoms with Crippen LogP contribution in [0, 0.1) is 11.5 Å². The van der Waals surface area contributed by atoms with Gasteiger partial charge < -0.3 is 10.5 Å². The highest BCUT2D eigenvalue weighted by Gasteiger charge is 2.49. The second-order valence-electron chi connectivity index (χ2n) is 10.6. The van der Waals surface area contributed by atoms with Crippen molar-refractivity contribution in [3.05, 3.63) is 101 Å². The number of likely N-dealkylation sites (N-methyl/N-ethyl adjacent to an activating group) is 1. The zero-order valence-corrected chi connectivity index (χ0v) is 25.0. The summed E-state index contributed by atoms with van der Waals surface area (Å²) in [6.45, 7) is 8.08. The van der Waals surface area contributed by atoms with Crippen LogP contribution in [-0.2, 0) is 23.2 Å². The van der Waals surface area contributed by atoms with Crippen molar-refractivity contribution in [2.75, 3.05) is 7.05 Å². The first-order chi connectivity index (χ1) is 18.9. The van der Waals surface area contributed by atoms with Crippen molar-refractivity contribution in [3.63, 3.8) is 0 Å². The van der Waals surface area contributed by atoms with Crippen molar-refractivity contribution in [3.8, 4) is 17.2 Å². The predicted octanol–water partition coefficient (Wildman–Crippen LogP) is 6.36. The molecule has 0 fully saturated rings. The highest BCUT2D eigenvalue weighted by atomic mass is 28.3. The zero-order chi connectivity index (χ0) is 29.5. The van der Waals surface area contributed by atoms with E-state index < -0.39 is 20.2 Å². The minimum absolute atomic E-state index is 0.0111. The lowest BCUT2D eigenvalue weighted by Gasteiger charge is -2.26. The maximum absolute atomic E-state index is 13.1. The molecule has 0 aromatic heterocycles. The molecule has 0 radical (unpaired) electrons. The summed E-state index contributed by atoms with van der Waals surface area (Å²) in [5.41, 5.74) is 12.7. The predicted molar refractivity (Wildman–Crippen MR) is 160 cm³/mol. The van der Waals surface area contributed by atoms with Gasteiger partial charge in [0.05, 0.1) is 0 Å². The van der Waals surface area contributed by atoms with Gasteiger partial charge in [-0.2, -0.15) is 8.78 Å². The van der Waals surface area contributed by atoms with Crippen LogP contribution in [0.15, 0.2) is 77.8 Å². The topological polar surface area (TPSA) is 67.9 Å². The van der Waals surface area contributed by atoms with Gasteiger partial charge in [0.25, 0.3) is 5.91 Å². The van der Waals surface area contributed by atoms with Crippen molar-refractivity contribution in [1.29, 1.82) is 0 Å². The number of nitrogens with two attached hydrogens (primary N) is 1. The molecule has 40 heavy (non-hydrogen) atoms. The number of alkyl halides is 2. The van der Waals surface area contributed by atoms with Crippen molar-refractivity contribution < 1.29 is 18.3 Å². The van der Waals surface area contributed by atoms with Crippen LogP contribution >= 0.6 is 0 Å². The summed E-state index contributed by atoms with van der Waals surface area (Å²) in [6, 6.07) is 22.0. The number of aryl methyl sites for hydroxylation is 2. The van der Waals surface area contributed by atoms with E-state index in [-0.39, 0.29) is 17.6 Å². The summed E-state index contributed by atoms with van der Waals surface area (Å²) in [7, 11) is 0.328. The third kappa shape index (κ3) is 7.36. The van der Waals surface area contributed by atoms with Gasteiger partial charge >= 0.3 is 6.61 Å². The maximum Gasteiger partial charge on any atom is 0.387 e. The Morgan fingerprint density at radius 3 is 2.08 bits per heavy atom. The molecule has 1 aliphatic heterocycles. The molecule has 210 valence electrons. The molecule has 0 bridgehead atoms. The Kier molecular flexibility index (Phi) is 9.88. The lowest BCUT2D eigenvalue weighted by Crippen LogP contribution is -2.41. The maximum atomic E-state index is 13.1. The van der Waals surface area contributed by atoms with Gasteiger partial charge in [0, 0.05) is 12.6 Å². The van der Waals surface area contributed by atoms with Gasteiger partial charge in [0.1, 0.15) is 13.8 Å². The van der Waals surface area contributed by atoms with Gasteiger partial charge in [-0.25, -0.2) is 4.99 Å². The Morgan fingerprint density at radius 1 is 0.950 bits per heavy atom. The minimum Gasteiger partial charge on any atom is -0.435 e. The zero-order valence-electron chi connectivity index (χ0n) is 24.0. The number of benzene rings is 3. The number of halogens is 2.